The first kappa shape index (κ1) is 11.9. The lowest BCUT2D eigenvalue weighted by Gasteiger charge is -1.95. The van der Waals surface area contributed by atoms with Crippen LogP contribution in [0.3, 0.4) is 0 Å². The van der Waals surface area contributed by atoms with Crippen LogP contribution in [0.1, 0.15) is 6.92 Å². The molecule has 0 aliphatic rings. The van der Waals surface area contributed by atoms with Crippen LogP contribution in [0.5, 0.6) is 0 Å². The Hall–Kier alpha value is -1.54. The Morgan fingerprint density at radius 3 is 2.59 bits per heavy atom. The third-order valence-corrected chi connectivity index (χ3v) is 5.25. The third-order valence-electron chi connectivity index (χ3n) is 2.10. The van der Waals surface area contributed by atoms with Crippen molar-refractivity contribution >= 4 is 21.2 Å². The zero-order valence-corrected chi connectivity index (χ0v) is 10.5. The predicted octanol–water partition coefficient (Wildman–Crippen LogP) is 0.632. The number of sulfone groups is 1. The summed E-state index contributed by atoms with van der Waals surface area (Å²) in [6.07, 6.45) is 2.65. The Morgan fingerprint density at radius 1 is 1.35 bits per heavy atom. The molecule has 0 bridgehead atoms. The standard InChI is InChI=1S/C9H9N3O3S2/c1-2-17(14,15)9-11-10-8(16-9)7-3-5-12(13)6-4-7/h3-6H,2H2,1H3. The molecule has 2 aromatic rings. The van der Waals surface area contributed by atoms with Crippen LogP contribution in [-0.4, -0.2) is 24.4 Å². The van der Waals surface area contributed by atoms with Gasteiger partial charge in [-0.05, 0) is 0 Å². The minimum Gasteiger partial charge on any atom is -0.619 e. The molecule has 2 rings (SSSR count). The topological polar surface area (TPSA) is 86.9 Å². The summed E-state index contributed by atoms with van der Waals surface area (Å²) in [5.41, 5.74) is 0.673. The quantitative estimate of drug-likeness (QED) is 0.603. The average Bonchev–Trinajstić information content (AvgIpc) is 2.80. The number of aromatic nitrogens is 3. The van der Waals surface area contributed by atoms with E-state index < -0.39 is 9.84 Å². The Labute approximate surface area is 102 Å². The second-order valence-electron chi connectivity index (χ2n) is 3.22. The number of hydrogen-bond donors (Lipinski definition) is 0. The summed E-state index contributed by atoms with van der Waals surface area (Å²) in [6.45, 7) is 1.55. The first-order valence-corrected chi connectivity index (χ1v) is 7.25. The highest BCUT2D eigenvalue weighted by Crippen LogP contribution is 2.25. The molecule has 0 unspecified atom stereocenters. The Bertz CT molecular complexity index is 619. The normalized spacial score (nSPS) is 11.6. The van der Waals surface area contributed by atoms with Crippen LogP contribution in [0.15, 0.2) is 28.9 Å². The van der Waals surface area contributed by atoms with Crippen LogP contribution in [0.4, 0.5) is 0 Å². The molecule has 6 nitrogen and oxygen atoms in total. The van der Waals surface area contributed by atoms with Crippen molar-refractivity contribution in [2.24, 2.45) is 0 Å². The lowest BCUT2D eigenvalue weighted by molar-refractivity contribution is -0.605. The molecule has 2 aromatic heterocycles. The largest absolute Gasteiger partial charge is 0.619 e. The first-order valence-electron chi connectivity index (χ1n) is 4.78. The molecule has 0 aromatic carbocycles. The van der Waals surface area contributed by atoms with Crippen LogP contribution in [0.25, 0.3) is 10.6 Å². The van der Waals surface area contributed by atoms with Crippen molar-refractivity contribution in [3.63, 3.8) is 0 Å². The fourth-order valence-corrected chi connectivity index (χ4v) is 3.22. The highest BCUT2D eigenvalue weighted by atomic mass is 32.2. The lowest BCUT2D eigenvalue weighted by Crippen LogP contribution is -2.23. The molecule has 0 atom stereocenters. The molecule has 8 heteroatoms. The molecule has 0 saturated heterocycles. The van der Waals surface area contributed by atoms with E-state index in [4.69, 9.17) is 0 Å². The highest BCUT2D eigenvalue weighted by Gasteiger charge is 2.18. The summed E-state index contributed by atoms with van der Waals surface area (Å²) in [4.78, 5) is 0. The third kappa shape index (κ3) is 2.42. The number of rotatable bonds is 3. The van der Waals surface area contributed by atoms with Crippen molar-refractivity contribution in [2.45, 2.75) is 11.3 Å². The van der Waals surface area contributed by atoms with Crippen molar-refractivity contribution in [1.29, 1.82) is 0 Å². The fourth-order valence-electron chi connectivity index (χ4n) is 1.13. The minimum atomic E-state index is -3.32. The summed E-state index contributed by atoms with van der Waals surface area (Å²) >= 11 is 1.00. The molecule has 90 valence electrons. The van der Waals surface area contributed by atoms with Gasteiger partial charge in [0.15, 0.2) is 12.4 Å². The molecule has 0 amide bonds. The molecule has 0 aliphatic heterocycles. The van der Waals surface area contributed by atoms with Crippen LogP contribution < -0.4 is 4.73 Å². The Kier molecular flexibility index (Phi) is 3.07. The molecule has 17 heavy (non-hydrogen) atoms. The monoisotopic (exact) mass is 271 g/mol. The van der Waals surface area contributed by atoms with Gasteiger partial charge in [0, 0.05) is 17.7 Å². The molecule has 2 heterocycles. The van der Waals surface area contributed by atoms with Gasteiger partial charge in [-0.2, -0.15) is 4.73 Å². The van der Waals surface area contributed by atoms with E-state index in [9.17, 15) is 13.6 Å². The van der Waals surface area contributed by atoms with Crippen molar-refractivity contribution in [3.8, 4) is 10.6 Å². The second-order valence-corrected chi connectivity index (χ2v) is 6.65. The highest BCUT2D eigenvalue weighted by molar-refractivity contribution is 7.93. The van der Waals surface area contributed by atoms with Gasteiger partial charge >= 0.3 is 0 Å². The van der Waals surface area contributed by atoms with Crippen molar-refractivity contribution in [3.05, 3.63) is 29.7 Å². The minimum absolute atomic E-state index is 0.00299. The van der Waals surface area contributed by atoms with Gasteiger partial charge < -0.3 is 5.21 Å². The predicted molar refractivity (Wildman–Crippen MR) is 62.0 cm³/mol. The van der Waals surface area contributed by atoms with Gasteiger partial charge in [-0.3, -0.25) is 0 Å². The SMILES string of the molecule is CCS(=O)(=O)c1nnc(-c2cc[n+]([O-])cc2)s1. The Morgan fingerprint density at radius 2 is 2.00 bits per heavy atom. The molecule has 0 fully saturated rings. The molecule has 0 N–H and O–H groups in total. The van der Waals surface area contributed by atoms with E-state index in [1.54, 1.807) is 19.1 Å². The molecular weight excluding hydrogens is 262 g/mol. The molecule has 0 radical (unpaired) electrons. The first-order chi connectivity index (χ1) is 8.03. The maximum atomic E-state index is 11.6. The van der Waals surface area contributed by atoms with Crippen LogP contribution >= 0.6 is 11.3 Å². The molecule has 0 spiro atoms. The summed E-state index contributed by atoms with van der Waals surface area (Å²) in [7, 11) is -3.32. The smallest absolute Gasteiger partial charge is 0.232 e. The second kappa shape index (κ2) is 4.38. The molecule has 0 saturated carbocycles. The zero-order valence-electron chi connectivity index (χ0n) is 8.90. The number of nitrogens with zero attached hydrogens (tertiary/aromatic N) is 3. The summed E-state index contributed by atoms with van der Waals surface area (Å²) in [5.74, 6) is -0.00299. The van der Waals surface area contributed by atoms with E-state index in [1.165, 1.54) is 12.4 Å². The van der Waals surface area contributed by atoms with Gasteiger partial charge in [0.25, 0.3) is 0 Å². The summed E-state index contributed by atoms with van der Waals surface area (Å²) in [6, 6.07) is 3.13. The zero-order chi connectivity index (χ0) is 12.5. The van der Waals surface area contributed by atoms with Gasteiger partial charge in [0.05, 0.1) is 5.75 Å². The Balaban J connectivity index is 2.40. The fraction of sp³-hybridized carbons (Fsp3) is 0.222. The van der Waals surface area contributed by atoms with Gasteiger partial charge in [-0.15, -0.1) is 10.2 Å². The lowest BCUT2D eigenvalue weighted by atomic mass is 10.3. The van der Waals surface area contributed by atoms with Crippen molar-refractivity contribution in [1.82, 2.24) is 10.2 Å². The van der Waals surface area contributed by atoms with Gasteiger partial charge in [0.1, 0.15) is 5.01 Å². The van der Waals surface area contributed by atoms with E-state index in [1.807, 2.05) is 0 Å². The van der Waals surface area contributed by atoms with E-state index >= 15 is 0 Å². The molecule has 0 aliphatic carbocycles. The van der Waals surface area contributed by atoms with E-state index in [0.29, 0.717) is 15.3 Å². The van der Waals surface area contributed by atoms with Crippen LogP contribution in [0.2, 0.25) is 0 Å². The maximum absolute atomic E-state index is 11.6. The van der Waals surface area contributed by atoms with Gasteiger partial charge in [-0.25, -0.2) is 8.42 Å². The van der Waals surface area contributed by atoms with Crippen LogP contribution in [0, 0.1) is 5.21 Å². The number of pyridine rings is 1. The number of hydrogen-bond acceptors (Lipinski definition) is 6. The maximum Gasteiger partial charge on any atom is 0.232 e. The van der Waals surface area contributed by atoms with E-state index in [-0.39, 0.29) is 10.1 Å². The summed E-state index contributed by atoms with van der Waals surface area (Å²) in [5, 5.41) is 18.8. The average molecular weight is 271 g/mol. The summed E-state index contributed by atoms with van der Waals surface area (Å²) < 4.78 is 23.8. The van der Waals surface area contributed by atoms with Gasteiger partial charge in [-0.1, -0.05) is 18.3 Å². The van der Waals surface area contributed by atoms with E-state index in [0.717, 1.165) is 11.3 Å². The van der Waals surface area contributed by atoms with Crippen LogP contribution in [-0.2, 0) is 9.84 Å². The van der Waals surface area contributed by atoms with Crippen molar-refractivity contribution < 1.29 is 13.1 Å². The van der Waals surface area contributed by atoms with E-state index in [2.05, 4.69) is 10.2 Å². The van der Waals surface area contributed by atoms with Gasteiger partial charge in [0.2, 0.25) is 14.2 Å². The van der Waals surface area contributed by atoms with Crippen molar-refractivity contribution in [2.75, 3.05) is 5.75 Å². The molecular formula is C9H9N3O3S2.